The third kappa shape index (κ3) is 3.99. The van der Waals surface area contributed by atoms with Crippen LogP contribution in [-0.2, 0) is 6.61 Å². The summed E-state index contributed by atoms with van der Waals surface area (Å²) in [7, 11) is 0. The Morgan fingerprint density at radius 1 is 1.10 bits per heavy atom. The van der Waals surface area contributed by atoms with E-state index >= 15 is 0 Å². The van der Waals surface area contributed by atoms with Crippen LogP contribution in [0.3, 0.4) is 0 Å². The second-order valence-corrected chi connectivity index (χ2v) is 6.34. The number of hydrogen-bond acceptors (Lipinski definition) is 3. The number of rotatable bonds is 4. The van der Waals surface area contributed by atoms with E-state index in [4.69, 9.17) is 10.5 Å². The zero-order chi connectivity index (χ0) is 15.5. The molecular weight excluding hydrogens is 262 g/mol. The Bertz CT molecular complexity index is 588. The average molecular weight is 285 g/mol. The minimum atomic E-state index is -0.222. The van der Waals surface area contributed by atoms with Crippen LogP contribution < -0.4 is 10.5 Å². The van der Waals surface area contributed by atoms with E-state index in [1.807, 2.05) is 42.5 Å². The number of nitrogens with two attached hydrogens (primary N) is 1. The Morgan fingerprint density at radius 2 is 1.76 bits per heavy atom. The second-order valence-electron chi connectivity index (χ2n) is 6.34. The molecule has 3 heteroatoms. The van der Waals surface area contributed by atoms with Crippen molar-refractivity contribution in [2.75, 3.05) is 0 Å². The maximum absolute atomic E-state index is 10.2. The van der Waals surface area contributed by atoms with Crippen molar-refractivity contribution in [3.8, 4) is 11.5 Å². The molecule has 0 saturated carbocycles. The summed E-state index contributed by atoms with van der Waals surface area (Å²) in [5, 5.41) is 10.2. The van der Waals surface area contributed by atoms with E-state index in [0.29, 0.717) is 12.4 Å². The standard InChI is InChI=1S/C18H23NO2/c1-18(2,3)17(19)15-10-9-14(11-16(15)20)21-12-13-7-5-4-6-8-13/h4-11,17,20H,12,19H2,1-3H3/t17-/m0/s1. The van der Waals surface area contributed by atoms with Crippen LogP contribution in [0.5, 0.6) is 11.5 Å². The number of aromatic hydroxyl groups is 1. The van der Waals surface area contributed by atoms with E-state index in [2.05, 4.69) is 20.8 Å². The molecule has 0 heterocycles. The Hall–Kier alpha value is -2.00. The second kappa shape index (κ2) is 6.19. The summed E-state index contributed by atoms with van der Waals surface area (Å²) in [6.07, 6.45) is 0. The van der Waals surface area contributed by atoms with Gasteiger partial charge in [-0.3, -0.25) is 0 Å². The van der Waals surface area contributed by atoms with Crippen molar-refractivity contribution in [1.82, 2.24) is 0 Å². The smallest absolute Gasteiger partial charge is 0.124 e. The topological polar surface area (TPSA) is 55.5 Å². The SMILES string of the molecule is CC(C)(C)[C@@H](N)c1ccc(OCc2ccccc2)cc1O. The minimum Gasteiger partial charge on any atom is -0.507 e. The van der Waals surface area contributed by atoms with E-state index < -0.39 is 0 Å². The lowest BCUT2D eigenvalue weighted by Gasteiger charge is -2.28. The molecule has 0 saturated heterocycles. The fourth-order valence-corrected chi connectivity index (χ4v) is 2.08. The Kier molecular flexibility index (Phi) is 4.53. The zero-order valence-corrected chi connectivity index (χ0v) is 12.8. The fourth-order valence-electron chi connectivity index (χ4n) is 2.08. The first-order valence-corrected chi connectivity index (χ1v) is 7.13. The molecule has 21 heavy (non-hydrogen) atoms. The van der Waals surface area contributed by atoms with Crippen molar-refractivity contribution < 1.29 is 9.84 Å². The van der Waals surface area contributed by atoms with Crippen LogP contribution in [0.4, 0.5) is 0 Å². The van der Waals surface area contributed by atoms with Crippen molar-refractivity contribution in [2.24, 2.45) is 11.1 Å². The molecule has 0 spiro atoms. The summed E-state index contributed by atoms with van der Waals surface area (Å²) in [6, 6.07) is 15.0. The van der Waals surface area contributed by atoms with Gasteiger partial charge in [-0.1, -0.05) is 57.2 Å². The predicted octanol–water partition coefficient (Wildman–Crippen LogP) is 4.02. The molecule has 0 aliphatic carbocycles. The van der Waals surface area contributed by atoms with Gasteiger partial charge < -0.3 is 15.6 Å². The molecule has 0 aliphatic rings. The molecule has 0 aromatic heterocycles. The van der Waals surface area contributed by atoms with Gasteiger partial charge >= 0.3 is 0 Å². The third-order valence-electron chi connectivity index (χ3n) is 3.52. The van der Waals surface area contributed by atoms with Gasteiger partial charge in [0, 0.05) is 17.7 Å². The first-order chi connectivity index (χ1) is 9.88. The lowest BCUT2D eigenvalue weighted by atomic mass is 9.83. The van der Waals surface area contributed by atoms with E-state index in [1.54, 1.807) is 6.07 Å². The molecule has 0 aliphatic heterocycles. The van der Waals surface area contributed by atoms with Crippen molar-refractivity contribution >= 4 is 0 Å². The quantitative estimate of drug-likeness (QED) is 0.892. The Balaban J connectivity index is 2.09. The van der Waals surface area contributed by atoms with E-state index in [1.165, 1.54) is 0 Å². The Morgan fingerprint density at radius 3 is 2.33 bits per heavy atom. The molecule has 2 aromatic carbocycles. The van der Waals surface area contributed by atoms with E-state index in [0.717, 1.165) is 11.1 Å². The third-order valence-corrected chi connectivity index (χ3v) is 3.52. The molecule has 0 unspecified atom stereocenters. The van der Waals surface area contributed by atoms with Gasteiger partial charge in [0.25, 0.3) is 0 Å². The summed E-state index contributed by atoms with van der Waals surface area (Å²) in [5.74, 6) is 0.823. The highest BCUT2D eigenvalue weighted by molar-refractivity contribution is 5.42. The molecule has 0 amide bonds. The summed E-state index contributed by atoms with van der Waals surface area (Å²) in [6.45, 7) is 6.63. The first kappa shape index (κ1) is 15.4. The normalized spacial score (nSPS) is 13.0. The number of benzene rings is 2. The van der Waals surface area contributed by atoms with Crippen LogP contribution in [0.1, 0.15) is 37.9 Å². The van der Waals surface area contributed by atoms with Crippen molar-refractivity contribution in [3.05, 3.63) is 59.7 Å². The predicted molar refractivity (Wildman–Crippen MR) is 85.3 cm³/mol. The minimum absolute atomic E-state index is 0.107. The molecule has 3 N–H and O–H groups in total. The molecule has 0 radical (unpaired) electrons. The van der Waals surface area contributed by atoms with Gasteiger partial charge in [-0.25, -0.2) is 0 Å². The first-order valence-electron chi connectivity index (χ1n) is 7.13. The number of phenolic OH excluding ortho intramolecular Hbond substituents is 1. The summed E-state index contributed by atoms with van der Waals surface area (Å²) in [5.41, 5.74) is 7.92. The van der Waals surface area contributed by atoms with Gasteiger partial charge in [0.15, 0.2) is 0 Å². The zero-order valence-electron chi connectivity index (χ0n) is 12.8. The van der Waals surface area contributed by atoms with Crippen LogP contribution in [0.15, 0.2) is 48.5 Å². The molecule has 1 atom stereocenters. The molecular formula is C18H23NO2. The molecule has 112 valence electrons. The molecule has 3 nitrogen and oxygen atoms in total. The number of hydrogen-bond donors (Lipinski definition) is 2. The van der Waals surface area contributed by atoms with Gasteiger partial charge in [0.1, 0.15) is 18.1 Å². The number of ether oxygens (including phenoxy) is 1. The number of phenols is 1. The lowest BCUT2D eigenvalue weighted by molar-refractivity contribution is 0.299. The van der Waals surface area contributed by atoms with Crippen LogP contribution in [0.2, 0.25) is 0 Å². The van der Waals surface area contributed by atoms with Gasteiger partial charge in [0.2, 0.25) is 0 Å². The highest BCUT2D eigenvalue weighted by Crippen LogP contribution is 2.36. The van der Waals surface area contributed by atoms with Gasteiger partial charge in [-0.05, 0) is 17.0 Å². The van der Waals surface area contributed by atoms with Gasteiger partial charge in [-0.15, -0.1) is 0 Å². The summed E-state index contributed by atoms with van der Waals surface area (Å²) in [4.78, 5) is 0. The van der Waals surface area contributed by atoms with Crippen LogP contribution in [0.25, 0.3) is 0 Å². The van der Waals surface area contributed by atoms with Crippen LogP contribution >= 0.6 is 0 Å². The van der Waals surface area contributed by atoms with Crippen molar-refractivity contribution in [2.45, 2.75) is 33.4 Å². The lowest BCUT2D eigenvalue weighted by Crippen LogP contribution is -2.26. The maximum atomic E-state index is 10.2. The van der Waals surface area contributed by atoms with Crippen molar-refractivity contribution in [3.63, 3.8) is 0 Å². The van der Waals surface area contributed by atoms with Crippen molar-refractivity contribution in [1.29, 1.82) is 0 Å². The van der Waals surface area contributed by atoms with Gasteiger partial charge in [-0.2, -0.15) is 0 Å². The highest BCUT2D eigenvalue weighted by Gasteiger charge is 2.24. The highest BCUT2D eigenvalue weighted by atomic mass is 16.5. The maximum Gasteiger partial charge on any atom is 0.124 e. The Labute approximate surface area is 126 Å². The van der Waals surface area contributed by atoms with Crippen LogP contribution in [0, 0.1) is 5.41 Å². The summed E-state index contributed by atoms with van der Waals surface area (Å²) < 4.78 is 5.69. The largest absolute Gasteiger partial charge is 0.507 e. The van der Waals surface area contributed by atoms with Crippen LogP contribution in [-0.4, -0.2) is 5.11 Å². The molecule has 2 rings (SSSR count). The molecule has 2 aromatic rings. The van der Waals surface area contributed by atoms with E-state index in [9.17, 15) is 5.11 Å². The van der Waals surface area contributed by atoms with E-state index in [-0.39, 0.29) is 17.2 Å². The molecule has 0 fully saturated rings. The average Bonchev–Trinajstić information content (AvgIpc) is 2.45. The summed E-state index contributed by atoms with van der Waals surface area (Å²) >= 11 is 0. The molecule has 0 bridgehead atoms. The fraction of sp³-hybridized carbons (Fsp3) is 0.333. The van der Waals surface area contributed by atoms with Gasteiger partial charge in [0.05, 0.1) is 0 Å². The monoisotopic (exact) mass is 285 g/mol.